The number of hydrogen-bond donors (Lipinski definition) is 0. The van der Waals surface area contributed by atoms with E-state index in [9.17, 15) is 23.6 Å². The van der Waals surface area contributed by atoms with Crippen molar-refractivity contribution in [1.82, 2.24) is 9.80 Å². The molecule has 3 fully saturated rings. The molecule has 0 spiro atoms. The van der Waals surface area contributed by atoms with Crippen molar-refractivity contribution < 1.29 is 46.8 Å². The fraction of sp³-hybridized carbons (Fsp3) is 0.457. The molecule has 51 heavy (non-hydrogen) atoms. The van der Waals surface area contributed by atoms with Gasteiger partial charge in [0, 0.05) is 55.0 Å². The second kappa shape index (κ2) is 16.8. The Morgan fingerprint density at radius 3 is 2.45 bits per heavy atom. The molecule has 1 amide bonds. The summed E-state index contributed by atoms with van der Waals surface area (Å²) in [6.07, 6.45) is 3.04. The molecule has 11 nitrogen and oxygen atoms in total. The Morgan fingerprint density at radius 2 is 1.76 bits per heavy atom. The Bertz CT molecular complexity index is 1710. The van der Waals surface area contributed by atoms with Gasteiger partial charge in [0.2, 0.25) is 0 Å². The topological polar surface area (TPSA) is 114 Å². The van der Waals surface area contributed by atoms with Crippen LogP contribution in [0.4, 0.5) is 8.78 Å². The molecule has 3 aromatic rings. The molecule has 1 aromatic heterocycles. The molecule has 3 heterocycles. The van der Waals surface area contributed by atoms with Gasteiger partial charge in [-0.3, -0.25) is 9.69 Å². The largest absolute Gasteiger partial charge is 0.619 e. The second-order valence-electron chi connectivity index (χ2n) is 12.4. The number of hydrogen-bond acceptors (Lipinski definition) is 10. The number of alkyl halides is 2. The number of nitrogens with zero attached hydrogens (tertiary/aromatic N) is 3. The van der Waals surface area contributed by atoms with E-state index in [1.165, 1.54) is 34.9 Å². The number of carbonyl (C=O) groups is 2. The average molecular weight is 769 g/mol. The van der Waals surface area contributed by atoms with Crippen LogP contribution in [-0.2, 0) is 27.2 Å². The van der Waals surface area contributed by atoms with Gasteiger partial charge in [-0.15, -0.1) is 11.8 Å². The Balaban J connectivity index is 1.26. The summed E-state index contributed by atoms with van der Waals surface area (Å²) in [5.41, 5.74) is 1.95. The molecule has 0 radical (unpaired) electrons. The SMILES string of the molecule is COc1ccc(C(=O)N2CCSC2C(=O)O[C@@H](Cc2c(Cl)c[n+]([O-])cc2Cl)c2ccc(OC(F)F)c(OCC3CC3)c2)cc1CN1CCOCC1. The van der Waals surface area contributed by atoms with Gasteiger partial charge in [-0.05, 0) is 54.7 Å². The first-order valence-corrected chi connectivity index (χ1v) is 18.3. The molecule has 1 saturated carbocycles. The summed E-state index contributed by atoms with van der Waals surface area (Å²) in [4.78, 5) is 31.6. The molecular formula is C35H37Cl2F2N3O8S. The number of rotatable bonds is 14. The van der Waals surface area contributed by atoms with Crippen molar-refractivity contribution in [3.8, 4) is 17.2 Å². The van der Waals surface area contributed by atoms with Crippen molar-refractivity contribution in [2.75, 3.05) is 52.3 Å². The monoisotopic (exact) mass is 767 g/mol. The normalized spacial score (nSPS) is 18.5. The number of esters is 1. The van der Waals surface area contributed by atoms with Gasteiger partial charge in [0.15, 0.2) is 29.3 Å². The Kier molecular flexibility index (Phi) is 12.3. The number of carbonyl (C=O) groups excluding carboxylic acids is 2. The predicted octanol–water partition coefficient (Wildman–Crippen LogP) is 5.90. The van der Waals surface area contributed by atoms with Gasteiger partial charge in [0.25, 0.3) is 5.91 Å². The maximum Gasteiger partial charge on any atom is 0.387 e. The summed E-state index contributed by atoms with van der Waals surface area (Å²) < 4.78 is 54.7. The molecule has 16 heteroatoms. The zero-order valence-electron chi connectivity index (χ0n) is 27.7. The van der Waals surface area contributed by atoms with Crippen LogP contribution in [0.25, 0.3) is 0 Å². The number of morpholine rings is 1. The first-order valence-electron chi connectivity index (χ1n) is 16.5. The number of thioether (sulfide) groups is 1. The van der Waals surface area contributed by atoms with Crippen molar-refractivity contribution in [1.29, 1.82) is 0 Å². The van der Waals surface area contributed by atoms with E-state index in [1.807, 2.05) is 0 Å². The lowest BCUT2D eigenvalue weighted by atomic mass is 10.0. The molecule has 3 aliphatic rings. The van der Waals surface area contributed by atoms with Gasteiger partial charge in [-0.1, -0.05) is 29.3 Å². The lowest BCUT2D eigenvalue weighted by molar-refractivity contribution is -0.605. The van der Waals surface area contributed by atoms with Crippen LogP contribution in [0.2, 0.25) is 10.0 Å². The van der Waals surface area contributed by atoms with E-state index >= 15 is 0 Å². The highest BCUT2D eigenvalue weighted by molar-refractivity contribution is 8.00. The minimum atomic E-state index is -3.09. The maximum atomic E-state index is 14.0. The number of pyridine rings is 1. The summed E-state index contributed by atoms with van der Waals surface area (Å²) in [7, 11) is 1.58. The fourth-order valence-electron chi connectivity index (χ4n) is 5.93. The van der Waals surface area contributed by atoms with E-state index in [2.05, 4.69) is 4.90 Å². The molecular weight excluding hydrogens is 731 g/mol. The summed E-state index contributed by atoms with van der Waals surface area (Å²) in [5.74, 6) is 0.300. The molecule has 2 aromatic carbocycles. The highest BCUT2D eigenvalue weighted by atomic mass is 35.5. The van der Waals surface area contributed by atoms with Crippen LogP contribution in [0, 0.1) is 11.1 Å². The van der Waals surface area contributed by atoms with E-state index in [1.54, 1.807) is 25.3 Å². The van der Waals surface area contributed by atoms with Crippen LogP contribution >= 0.6 is 35.0 Å². The van der Waals surface area contributed by atoms with Crippen molar-refractivity contribution in [3.63, 3.8) is 0 Å². The van der Waals surface area contributed by atoms with Crippen LogP contribution in [0.3, 0.4) is 0 Å². The van der Waals surface area contributed by atoms with Crippen LogP contribution in [0.5, 0.6) is 17.2 Å². The number of aromatic nitrogens is 1. The highest BCUT2D eigenvalue weighted by Gasteiger charge is 2.38. The van der Waals surface area contributed by atoms with E-state index in [4.69, 9.17) is 46.9 Å². The lowest BCUT2D eigenvalue weighted by Crippen LogP contribution is -2.41. The van der Waals surface area contributed by atoms with E-state index < -0.39 is 24.1 Å². The minimum absolute atomic E-state index is 0.0424. The summed E-state index contributed by atoms with van der Waals surface area (Å²) in [5, 5.41) is 11.1. The van der Waals surface area contributed by atoms with Crippen LogP contribution in [-0.4, -0.2) is 86.0 Å². The van der Waals surface area contributed by atoms with E-state index in [0.717, 1.165) is 43.9 Å². The Morgan fingerprint density at radius 1 is 1.04 bits per heavy atom. The number of methoxy groups -OCH3 is 1. The predicted molar refractivity (Wildman–Crippen MR) is 186 cm³/mol. The summed E-state index contributed by atoms with van der Waals surface area (Å²) in [6.45, 7) is 0.857. The third-order valence-electron chi connectivity index (χ3n) is 8.81. The average Bonchev–Trinajstić information content (AvgIpc) is 3.81. The molecule has 0 bridgehead atoms. The van der Waals surface area contributed by atoms with Crippen LogP contribution in [0.1, 0.15) is 46.0 Å². The number of ether oxygens (including phenoxy) is 5. The second-order valence-corrected chi connectivity index (χ2v) is 14.4. The fourth-order valence-corrected chi connectivity index (χ4v) is 7.63. The molecule has 2 atom stereocenters. The Labute approximate surface area is 308 Å². The summed E-state index contributed by atoms with van der Waals surface area (Å²) in [6, 6.07) is 9.50. The van der Waals surface area contributed by atoms with Gasteiger partial charge in [0.1, 0.15) is 21.9 Å². The quantitative estimate of drug-likeness (QED) is 0.112. The first-order chi connectivity index (χ1) is 24.6. The molecule has 0 N–H and O–H groups in total. The van der Waals surface area contributed by atoms with E-state index in [0.29, 0.717) is 71.8 Å². The first kappa shape index (κ1) is 37.2. The van der Waals surface area contributed by atoms with Gasteiger partial charge < -0.3 is 33.8 Å². The number of halogens is 4. The van der Waals surface area contributed by atoms with Gasteiger partial charge >= 0.3 is 12.6 Å². The highest BCUT2D eigenvalue weighted by Crippen LogP contribution is 2.39. The van der Waals surface area contributed by atoms with Crippen molar-refractivity contribution >= 4 is 46.8 Å². The molecule has 2 aliphatic heterocycles. The van der Waals surface area contributed by atoms with Crippen molar-refractivity contribution in [2.24, 2.45) is 5.92 Å². The van der Waals surface area contributed by atoms with Gasteiger partial charge in [-0.25, -0.2) is 4.79 Å². The molecule has 1 aliphatic carbocycles. The van der Waals surface area contributed by atoms with Gasteiger partial charge in [0.05, 0.1) is 26.9 Å². The maximum absolute atomic E-state index is 14.0. The standard InChI is InChI=1S/C35H37Cl2F2N3O8S/c1-46-28-6-5-23(14-24(28)17-40-8-11-47-12-9-40)32(43)42-10-13-51-33(42)34(44)49-30(16-25-26(36)18-41(45)19-27(25)37)22-4-7-29(50-35(38)39)31(15-22)48-20-21-2-3-21/h4-7,14-15,18-19,21,30,33,35H,2-3,8-13,16-17,20H2,1H3/t30-,33?/m0/s1. The van der Waals surface area contributed by atoms with Crippen LogP contribution < -0.4 is 18.9 Å². The smallest absolute Gasteiger partial charge is 0.387 e. The van der Waals surface area contributed by atoms with Crippen molar-refractivity contribution in [2.45, 2.75) is 43.9 Å². The zero-order chi connectivity index (χ0) is 36.1. The number of amides is 1. The van der Waals surface area contributed by atoms with Gasteiger partial charge in [-0.2, -0.15) is 13.5 Å². The summed E-state index contributed by atoms with van der Waals surface area (Å²) >= 11 is 14.1. The lowest BCUT2D eigenvalue weighted by Gasteiger charge is -2.28. The number of benzene rings is 2. The molecule has 2 saturated heterocycles. The molecule has 1 unspecified atom stereocenters. The van der Waals surface area contributed by atoms with E-state index in [-0.39, 0.29) is 33.9 Å². The third-order valence-corrected chi connectivity index (χ3v) is 10.6. The zero-order valence-corrected chi connectivity index (χ0v) is 30.1. The Hall–Kier alpha value is -3.56. The minimum Gasteiger partial charge on any atom is -0.619 e. The van der Waals surface area contributed by atoms with Crippen LogP contribution in [0.15, 0.2) is 48.8 Å². The molecule has 6 rings (SSSR count). The third kappa shape index (κ3) is 9.46. The van der Waals surface area contributed by atoms with Crippen molar-refractivity contribution in [3.05, 3.63) is 86.3 Å². The molecule has 274 valence electrons.